The van der Waals surface area contributed by atoms with Crippen molar-refractivity contribution in [2.75, 3.05) is 19.0 Å². The lowest BCUT2D eigenvalue weighted by molar-refractivity contribution is -0.148. The fraction of sp³-hybridized carbons (Fsp3) is 0.519. The molecule has 2 atom stereocenters. The number of hydrogen-bond donors (Lipinski definition) is 2. The van der Waals surface area contributed by atoms with Gasteiger partial charge >= 0.3 is 5.97 Å². The maximum absolute atomic E-state index is 13.0. The lowest BCUT2D eigenvalue weighted by Gasteiger charge is -2.48. The van der Waals surface area contributed by atoms with Crippen molar-refractivity contribution < 1.29 is 14.6 Å². The van der Waals surface area contributed by atoms with Crippen molar-refractivity contribution in [2.45, 2.75) is 62.8 Å². The van der Waals surface area contributed by atoms with Crippen LogP contribution in [-0.4, -0.2) is 30.3 Å². The molecule has 0 aromatic heterocycles. The van der Waals surface area contributed by atoms with E-state index in [-0.39, 0.29) is 18.0 Å². The number of anilines is 1. The summed E-state index contributed by atoms with van der Waals surface area (Å²) in [6, 6.07) is 16.3. The third kappa shape index (κ3) is 4.15. The second-order valence-electron chi connectivity index (χ2n) is 9.62. The summed E-state index contributed by atoms with van der Waals surface area (Å²) >= 11 is 6.19. The first kappa shape index (κ1) is 23.1. The number of aliphatic hydroxyl groups is 1. The summed E-state index contributed by atoms with van der Waals surface area (Å²) in [5, 5.41) is 14.0. The summed E-state index contributed by atoms with van der Waals surface area (Å²) in [7, 11) is 1.47. The van der Waals surface area contributed by atoms with E-state index >= 15 is 0 Å². The van der Waals surface area contributed by atoms with E-state index in [4.69, 9.17) is 16.3 Å². The first-order valence-electron chi connectivity index (χ1n) is 11.8. The molecule has 2 aromatic rings. The molecule has 0 radical (unpaired) electrons. The highest BCUT2D eigenvalue weighted by atomic mass is 35.5. The van der Waals surface area contributed by atoms with Crippen molar-refractivity contribution in [1.29, 1.82) is 0 Å². The number of carbonyl (C=O) groups excluding carboxylic acids is 1. The lowest BCUT2D eigenvalue weighted by Crippen LogP contribution is -2.53. The molecule has 0 unspecified atom stereocenters. The Balaban J connectivity index is 1.64. The fourth-order valence-corrected chi connectivity index (χ4v) is 6.36. The Kier molecular flexibility index (Phi) is 6.83. The topological polar surface area (TPSA) is 58.6 Å². The number of aliphatic hydroxyl groups excluding tert-OH is 1. The number of ether oxygens (including phenoxy) is 1. The summed E-state index contributed by atoms with van der Waals surface area (Å²) in [5.74, 6) is 0.596. The van der Waals surface area contributed by atoms with Crippen molar-refractivity contribution in [2.24, 2.45) is 11.8 Å². The number of benzene rings is 2. The van der Waals surface area contributed by atoms with Gasteiger partial charge in [-0.25, -0.2) is 4.79 Å². The molecular formula is C27H34ClNO3. The van der Waals surface area contributed by atoms with Crippen LogP contribution < -0.4 is 5.32 Å². The van der Waals surface area contributed by atoms with Crippen LogP contribution in [0.1, 0.15) is 56.6 Å². The number of carbonyl (C=O) groups is 1. The van der Waals surface area contributed by atoms with Gasteiger partial charge in [-0.3, -0.25) is 0 Å². The van der Waals surface area contributed by atoms with Gasteiger partial charge in [0.15, 0.2) is 0 Å². The van der Waals surface area contributed by atoms with Crippen LogP contribution in [-0.2, 0) is 21.4 Å². The van der Waals surface area contributed by atoms with Crippen molar-refractivity contribution in [3.63, 3.8) is 0 Å². The molecule has 2 aliphatic rings. The van der Waals surface area contributed by atoms with Gasteiger partial charge in [-0.05, 0) is 85.1 Å². The standard InChI is InChI=1S/C27H34ClNO3/c1-3-19(18-30)15-21-16-20-7-4-5-10-24(20)26(21)11-13-27(14-12-26,25(31)32-2)29-23-9-6-8-22(28)17-23/h4-10,17,19,21,29-30H,3,11-16,18H2,1-2H3/t19-,21+,26?,27?/m0/s1. The summed E-state index contributed by atoms with van der Waals surface area (Å²) in [4.78, 5) is 13.0. The molecule has 32 heavy (non-hydrogen) atoms. The molecule has 0 amide bonds. The predicted molar refractivity (Wildman–Crippen MR) is 129 cm³/mol. The average molecular weight is 456 g/mol. The summed E-state index contributed by atoms with van der Waals surface area (Å²) in [6.07, 6.45) is 6.30. The van der Waals surface area contributed by atoms with Crippen LogP contribution in [0, 0.1) is 11.8 Å². The van der Waals surface area contributed by atoms with Crippen LogP contribution in [0.15, 0.2) is 48.5 Å². The third-order valence-electron chi connectivity index (χ3n) is 8.04. The molecule has 2 N–H and O–H groups in total. The van der Waals surface area contributed by atoms with Gasteiger partial charge in [-0.2, -0.15) is 0 Å². The number of fused-ring (bicyclic) bond motifs is 2. The Morgan fingerprint density at radius 2 is 1.94 bits per heavy atom. The van der Waals surface area contributed by atoms with E-state index in [0.717, 1.165) is 37.8 Å². The molecular weight excluding hydrogens is 422 g/mol. The van der Waals surface area contributed by atoms with Crippen LogP contribution in [0.3, 0.4) is 0 Å². The molecule has 172 valence electrons. The maximum atomic E-state index is 13.0. The van der Waals surface area contributed by atoms with E-state index in [9.17, 15) is 9.90 Å². The van der Waals surface area contributed by atoms with Crippen LogP contribution in [0.4, 0.5) is 5.69 Å². The first-order chi connectivity index (χ1) is 15.5. The summed E-state index contributed by atoms with van der Waals surface area (Å²) < 4.78 is 5.27. The Bertz CT molecular complexity index is 947. The van der Waals surface area contributed by atoms with E-state index in [1.165, 1.54) is 18.2 Å². The Morgan fingerprint density at radius 1 is 1.19 bits per heavy atom. The second-order valence-corrected chi connectivity index (χ2v) is 10.1. The second kappa shape index (κ2) is 9.44. The minimum Gasteiger partial charge on any atom is -0.467 e. The summed E-state index contributed by atoms with van der Waals surface area (Å²) in [6.45, 7) is 2.40. The monoisotopic (exact) mass is 455 g/mol. The van der Waals surface area contributed by atoms with Gasteiger partial charge in [0.1, 0.15) is 5.54 Å². The van der Waals surface area contributed by atoms with E-state index in [0.29, 0.717) is 29.7 Å². The predicted octanol–water partition coefficient (Wildman–Crippen LogP) is 5.76. The SMILES string of the molecule is CC[C@H](CO)C[C@@H]1Cc2ccccc2C12CCC(Nc1cccc(Cl)c1)(C(=O)OC)CC2. The highest BCUT2D eigenvalue weighted by Crippen LogP contribution is 2.56. The van der Waals surface area contributed by atoms with Crippen LogP contribution in [0.5, 0.6) is 0 Å². The normalized spacial score (nSPS) is 27.7. The molecule has 2 aromatic carbocycles. The van der Waals surface area contributed by atoms with Gasteiger partial charge < -0.3 is 15.2 Å². The zero-order valence-electron chi connectivity index (χ0n) is 19.1. The number of halogens is 1. The fourth-order valence-electron chi connectivity index (χ4n) is 6.16. The van der Waals surface area contributed by atoms with E-state index in [1.807, 2.05) is 24.3 Å². The number of methoxy groups -OCH3 is 1. The van der Waals surface area contributed by atoms with Gasteiger partial charge in [-0.15, -0.1) is 0 Å². The quantitative estimate of drug-likeness (QED) is 0.521. The van der Waals surface area contributed by atoms with E-state index in [2.05, 4.69) is 36.5 Å². The first-order valence-corrected chi connectivity index (χ1v) is 12.2. The smallest absolute Gasteiger partial charge is 0.331 e. The van der Waals surface area contributed by atoms with Gasteiger partial charge in [0, 0.05) is 17.3 Å². The number of esters is 1. The molecule has 1 saturated carbocycles. The maximum Gasteiger partial charge on any atom is 0.331 e. The molecule has 0 saturated heterocycles. The minimum atomic E-state index is -0.756. The summed E-state index contributed by atoms with van der Waals surface area (Å²) in [5.41, 5.74) is 3.01. The Morgan fingerprint density at radius 3 is 2.59 bits per heavy atom. The average Bonchev–Trinajstić information content (AvgIpc) is 3.11. The third-order valence-corrected chi connectivity index (χ3v) is 8.27. The zero-order chi connectivity index (χ0) is 22.8. The lowest BCUT2D eigenvalue weighted by atomic mass is 9.59. The van der Waals surface area contributed by atoms with Crippen molar-refractivity contribution in [3.8, 4) is 0 Å². The highest BCUT2D eigenvalue weighted by molar-refractivity contribution is 6.30. The number of rotatable bonds is 7. The molecule has 4 rings (SSSR count). The van der Waals surface area contributed by atoms with Gasteiger partial charge in [0.2, 0.25) is 0 Å². The molecule has 1 spiro atoms. The highest BCUT2D eigenvalue weighted by Gasteiger charge is 2.54. The van der Waals surface area contributed by atoms with E-state index < -0.39 is 5.54 Å². The molecule has 5 heteroatoms. The van der Waals surface area contributed by atoms with E-state index in [1.54, 1.807) is 0 Å². The van der Waals surface area contributed by atoms with Gasteiger partial charge in [0.05, 0.1) is 7.11 Å². The largest absolute Gasteiger partial charge is 0.467 e. The Hall–Kier alpha value is -2.04. The minimum absolute atomic E-state index is 0.0483. The number of hydrogen-bond acceptors (Lipinski definition) is 4. The Labute approximate surface area is 196 Å². The van der Waals surface area contributed by atoms with Crippen LogP contribution >= 0.6 is 11.6 Å². The molecule has 1 fully saturated rings. The van der Waals surface area contributed by atoms with Crippen molar-refractivity contribution >= 4 is 23.3 Å². The van der Waals surface area contributed by atoms with Crippen molar-refractivity contribution in [3.05, 3.63) is 64.7 Å². The van der Waals surface area contributed by atoms with Crippen LogP contribution in [0.2, 0.25) is 5.02 Å². The molecule has 0 heterocycles. The molecule has 2 aliphatic carbocycles. The van der Waals surface area contributed by atoms with Crippen molar-refractivity contribution in [1.82, 2.24) is 0 Å². The molecule has 0 bridgehead atoms. The number of nitrogens with one attached hydrogen (secondary N) is 1. The molecule has 4 nitrogen and oxygen atoms in total. The van der Waals surface area contributed by atoms with Crippen LogP contribution in [0.25, 0.3) is 0 Å². The zero-order valence-corrected chi connectivity index (χ0v) is 19.8. The molecule has 0 aliphatic heterocycles. The van der Waals surface area contributed by atoms with Gasteiger partial charge in [0.25, 0.3) is 0 Å². The van der Waals surface area contributed by atoms with Gasteiger partial charge in [-0.1, -0.05) is 55.3 Å².